The molecule has 0 spiro atoms. The Labute approximate surface area is 120 Å². The Morgan fingerprint density at radius 2 is 2.00 bits per heavy atom. The van der Waals surface area contributed by atoms with Gasteiger partial charge in [-0.15, -0.1) is 0 Å². The summed E-state index contributed by atoms with van der Waals surface area (Å²) in [6.07, 6.45) is 6.11. The maximum Gasteiger partial charge on any atom is 0.238 e. The first kappa shape index (κ1) is 15.2. The third kappa shape index (κ3) is 2.94. The summed E-state index contributed by atoms with van der Waals surface area (Å²) in [5.74, 6) is 1.05. The van der Waals surface area contributed by atoms with Crippen LogP contribution in [0.15, 0.2) is 12.4 Å². The van der Waals surface area contributed by atoms with Gasteiger partial charge in [-0.1, -0.05) is 6.92 Å². The predicted molar refractivity (Wildman–Crippen MR) is 75.5 cm³/mol. The van der Waals surface area contributed by atoms with Crippen molar-refractivity contribution in [1.82, 2.24) is 9.97 Å². The van der Waals surface area contributed by atoms with Crippen LogP contribution in [0, 0.1) is 5.92 Å². The topological polar surface area (TPSA) is 64.5 Å². The monoisotopic (exact) mass is 280 g/mol. The Morgan fingerprint density at radius 3 is 2.60 bits per heavy atom. The molecule has 1 aromatic heterocycles. The van der Waals surface area contributed by atoms with Crippen molar-refractivity contribution < 1.29 is 14.6 Å². The zero-order valence-corrected chi connectivity index (χ0v) is 12.5. The molecule has 0 aliphatic heterocycles. The molecule has 1 saturated carbocycles. The first-order valence-corrected chi connectivity index (χ1v) is 7.30. The molecule has 1 aliphatic carbocycles. The predicted octanol–water partition coefficient (Wildman–Crippen LogP) is 2.50. The van der Waals surface area contributed by atoms with Gasteiger partial charge in [-0.25, -0.2) is 4.98 Å². The maximum absolute atomic E-state index is 10.8. The second kappa shape index (κ2) is 6.50. The molecule has 20 heavy (non-hydrogen) atoms. The molecule has 1 atom stereocenters. The van der Waals surface area contributed by atoms with Crippen LogP contribution in [0.3, 0.4) is 0 Å². The summed E-state index contributed by atoms with van der Waals surface area (Å²) < 4.78 is 11.2. The highest BCUT2D eigenvalue weighted by atomic mass is 16.5. The fourth-order valence-electron chi connectivity index (χ4n) is 2.96. The van der Waals surface area contributed by atoms with Crippen molar-refractivity contribution >= 4 is 0 Å². The van der Waals surface area contributed by atoms with Crippen molar-refractivity contribution in [1.29, 1.82) is 0 Å². The highest BCUT2D eigenvalue weighted by Gasteiger charge is 2.44. The SMILES string of the molecule is CCOC1(C(O)c2nccnc2OC)CCC(C)CC1. The third-order valence-corrected chi connectivity index (χ3v) is 4.19. The van der Waals surface area contributed by atoms with Gasteiger partial charge in [0.05, 0.1) is 12.7 Å². The summed E-state index contributed by atoms with van der Waals surface area (Å²) in [4.78, 5) is 8.37. The van der Waals surface area contributed by atoms with Gasteiger partial charge in [0.2, 0.25) is 5.88 Å². The molecule has 0 radical (unpaired) electrons. The molecule has 112 valence electrons. The average Bonchev–Trinajstić information content (AvgIpc) is 2.49. The lowest BCUT2D eigenvalue weighted by Crippen LogP contribution is -2.43. The molecule has 0 aromatic carbocycles. The molecule has 1 N–H and O–H groups in total. The molecule has 1 aliphatic rings. The first-order chi connectivity index (χ1) is 9.63. The lowest BCUT2D eigenvalue weighted by Gasteiger charge is -2.42. The van der Waals surface area contributed by atoms with Gasteiger partial charge in [0, 0.05) is 19.0 Å². The number of hydrogen-bond acceptors (Lipinski definition) is 5. The van der Waals surface area contributed by atoms with Crippen molar-refractivity contribution in [2.45, 2.75) is 51.2 Å². The average molecular weight is 280 g/mol. The standard InChI is InChI=1S/C15H24N2O3/c1-4-20-15(7-5-11(2)6-8-15)13(18)12-14(19-3)17-10-9-16-12/h9-11,13,18H,4-8H2,1-3H3. The Hall–Kier alpha value is -1.20. The Morgan fingerprint density at radius 1 is 1.35 bits per heavy atom. The van der Waals surface area contributed by atoms with Crippen LogP contribution in [0.4, 0.5) is 0 Å². The summed E-state index contributed by atoms with van der Waals surface area (Å²) in [5.41, 5.74) is -0.0945. The van der Waals surface area contributed by atoms with E-state index in [0.717, 1.165) is 25.7 Å². The number of methoxy groups -OCH3 is 1. The van der Waals surface area contributed by atoms with Gasteiger partial charge in [0.15, 0.2) is 0 Å². The molecule has 2 rings (SSSR count). The van der Waals surface area contributed by atoms with Crippen LogP contribution in [0.25, 0.3) is 0 Å². The fourth-order valence-corrected chi connectivity index (χ4v) is 2.96. The Bertz CT molecular complexity index is 431. The summed E-state index contributed by atoms with van der Waals surface area (Å²) in [5, 5.41) is 10.8. The van der Waals surface area contributed by atoms with Crippen LogP contribution >= 0.6 is 0 Å². The summed E-state index contributed by atoms with van der Waals surface area (Å²) in [7, 11) is 1.54. The minimum atomic E-state index is -0.807. The molecule has 5 heteroatoms. The van der Waals surface area contributed by atoms with Crippen LogP contribution in [0.5, 0.6) is 5.88 Å². The van der Waals surface area contributed by atoms with Crippen LogP contribution in [-0.2, 0) is 4.74 Å². The van der Waals surface area contributed by atoms with E-state index < -0.39 is 11.7 Å². The number of nitrogens with zero attached hydrogens (tertiary/aromatic N) is 2. The molecule has 0 bridgehead atoms. The minimum Gasteiger partial charge on any atom is -0.480 e. The molecule has 1 heterocycles. The van der Waals surface area contributed by atoms with Crippen molar-refractivity contribution in [2.75, 3.05) is 13.7 Å². The number of hydrogen-bond donors (Lipinski definition) is 1. The smallest absolute Gasteiger partial charge is 0.238 e. The van der Waals surface area contributed by atoms with Crippen LogP contribution in [0.2, 0.25) is 0 Å². The molecule has 0 amide bonds. The number of ether oxygens (including phenoxy) is 2. The second-order valence-electron chi connectivity index (χ2n) is 5.53. The molecule has 1 aromatic rings. The van der Waals surface area contributed by atoms with Crippen molar-refractivity contribution in [2.24, 2.45) is 5.92 Å². The summed E-state index contributed by atoms with van der Waals surface area (Å²) in [6, 6.07) is 0. The molecular formula is C15H24N2O3. The molecule has 0 saturated heterocycles. The highest BCUT2D eigenvalue weighted by molar-refractivity contribution is 5.23. The number of aliphatic hydroxyl groups is 1. The number of aromatic nitrogens is 2. The van der Waals surface area contributed by atoms with E-state index in [1.807, 2.05) is 6.92 Å². The molecular weight excluding hydrogens is 256 g/mol. The Kier molecular flexibility index (Phi) is 4.94. The van der Waals surface area contributed by atoms with Gasteiger partial charge in [-0.2, -0.15) is 0 Å². The lowest BCUT2D eigenvalue weighted by atomic mass is 9.75. The van der Waals surface area contributed by atoms with E-state index in [0.29, 0.717) is 24.1 Å². The van der Waals surface area contributed by atoms with Crippen LogP contribution in [-0.4, -0.2) is 34.4 Å². The van der Waals surface area contributed by atoms with Gasteiger partial charge < -0.3 is 14.6 Å². The number of aliphatic hydroxyl groups excluding tert-OH is 1. The van der Waals surface area contributed by atoms with E-state index >= 15 is 0 Å². The largest absolute Gasteiger partial charge is 0.480 e. The van der Waals surface area contributed by atoms with Crippen molar-refractivity contribution in [3.05, 3.63) is 18.1 Å². The van der Waals surface area contributed by atoms with E-state index in [-0.39, 0.29) is 0 Å². The van der Waals surface area contributed by atoms with Gasteiger partial charge in [0.25, 0.3) is 0 Å². The zero-order chi connectivity index (χ0) is 14.6. The lowest BCUT2D eigenvalue weighted by molar-refractivity contribution is -0.148. The maximum atomic E-state index is 10.8. The number of rotatable bonds is 5. The van der Waals surface area contributed by atoms with Gasteiger partial charge in [0.1, 0.15) is 11.8 Å². The van der Waals surface area contributed by atoms with E-state index in [1.165, 1.54) is 7.11 Å². The van der Waals surface area contributed by atoms with Gasteiger partial charge in [-0.3, -0.25) is 4.98 Å². The summed E-state index contributed by atoms with van der Waals surface area (Å²) >= 11 is 0. The van der Waals surface area contributed by atoms with E-state index in [2.05, 4.69) is 16.9 Å². The summed E-state index contributed by atoms with van der Waals surface area (Å²) in [6.45, 7) is 4.78. The van der Waals surface area contributed by atoms with Crippen molar-refractivity contribution in [3.63, 3.8) is 0 Å². The zero-order valence-electron chi connectivity index (χ0n) is 12.5. The quantitative estimate of drug-likeness (QED) is 0.897. The first-order valence-electron chi connectivity index (χ1n) is 7.30. The molecule has 1 unspecified atom stereocenters. The van der Waals surface area contributed by atoms with E-state index in [9.17, 15) is 5.11 Å². The van der Waals surface area contributed by atoms with E-state index in [4.69, 9.17) is 9.47 Å². The fraction of sp³-hybridized carbons (Fsp3) is 0.733. The van der Waals surface area contributed by atoms with Gasteiger partial charge in [-0.05, 0) is 38.5 Å². The highest BCUT2D eigenvalue weighted by Crippen LogP contribution is 2.44. The molecule has 1 fully saturated rings. The molecule has 5 nitrogen and oxygen atoms in total. The van der Waals surface area contributed by atoms with Crippen LogP contribution < -0.4 is 4.74 Å². The second-order valence-corrected chi connectivity index (χ2v) is 5.53. The normalized spacial score (nSPS) is 28.1. The third-order valence-electron chi connectivity index (χ3n) is 4.19. The minimum absolute atomic E-state index is 0.373. The van der Waals surface area contributed by atoms with E-state index in [1.54, 1.807) is 12.4 Å². The van der Waals surface area contributed by atoms with Crippen molar-refractivity contribution in [3.8, 4) is 5.88 Å². The Balaban J connectivity index is 2.29. The van der Waals surface area contributed by atoms with Crippen LogP contribution in [0.1, 0.15) is 51.3 Å². The van der Waals surface area contributed by atoms with Gasteiger partial charge >= 0.3 is 0 Å².